The molecule has 2 aromatic carbocycles. The predicted octanol–water partition coefficient (Wildman–Crippen LogP) is 3.12. The number of nitrogens with zero attached hydrogens (tertiary/aromatic N) is 1. The molecule has 0 saturated heterocycles. The van der Waals surface area contributed by atoms with E-state index in [0.29, 0.717) is 16.7 Å². The molecule has 1 amide bonds. The Bertz CT molecular complexity index is 1620. The number of carbonyl (C=O) groups excluding carboxylic acids is 1. The maximum Gasteiger partial charge on any atom is 0.323 e. The van der Waals surface area contributed by atoms with Gasteiger partial charge in [-0.2, -0.15) is 4.72 Å². The second kappa shape index (κ2) is 11.6. The van der Waals surface area contributed by atoms with Gasteiger partial charge in [0.25, 0.3) is 0 Å². The predicted molar refractivity (Wildman–Crippen MR) is 143 cm³/mol. The molecule has 0 bridgehead atoms. The highest BCUT2D eigenvalue weighted by Gasteiger charge is 2.34. The Morgan fingerprint density at radius 2 is 1.89 bits per heavy atom. The summed E-state index contributed by atoms with van der Waals surface area (Å²) in [5.74, 6) is -1.70. The minimum atomic E-state index is -4.30. The number of para-hydroxylation sites is 1. The van der Waals surface area contributed by atoms with E-state index in [1.165, 1.54) is 41.7 Å². The number of carboxylic acid groups (broad SMARTS) is 1. The zero-order valence-corrected chi connectivity index (χ0v) is 21.9. The van der Waals surface area contributed by atoms with Gasteiger partial charge in [0, 0.05) is 22.0 Å². The highest BCUT2D eigenvalue weighted by atomic mass is 32.2. The first kappa shape index (κ1) is 27.0. The van der Waals surface area contributed by atoms with E-state index in [9.17, 15) is 27.9 Å². The Morgan fingerprint density at radius 1 is 1.11 bits per heavy atom. The lowest BCUT2D eigenvalue weighted by Gasteiger charge is -2.27. The molecule has 0 fully saturated rings. The second-order valence-electron chi connectivity index (χ2n) is 8.26. The van der Waals surface area contributed by atoms with Gasteiger partial charge in [0.1, 0.15) is 18.3 Å². The van der Waals surface area contributed by atoms with Gasteiger partial charge in [-0.15, -0.1) is 11.3 Å². The summed E-state index contributed by atoms with van der Waals surface area (Å²) in [6.07, 6.45) is 0. The van der Waals surface area contributed by atoms with Crippen LogP contribution < -0.4 is 15.0 Å². The van der Waals surface area contributed by atoms with Gasteiger partial charge in [0.2, 0.25) is 21.5 Å². The van der Waals surface area contributed by atoms with Crippen molar-refractivity contribution in [2.45, 2.75) is 24.4 Å². The fraction of sp³-hybridized carbons (Fsp3) is 0.192. The van der Waals surface area contributed by atoms with E-state index in [4.69, 9.17) is 4.74 Å². The summed E-state index contributed by atoms with van der Waals surface area (Å²) in [5, 5.41) is 11.8. The number of aromatic nitrogens is 1. The van der Waals surface area contributed by atoms with Crippen LogP contribution in [0.4, 0.5) is 0 Å². The highest BCUT2D eigenvalue weighted by molar-refractivity contribution is 7.89. The minimum Gasteiger partial charge on any atom is -0.494 e. The van der Waals surface area contributed by atoms with Crippen LogP contribution in [0.15, 0.2) is 81.8 Å². The van der Waals surface area contributed by atoms with Gasteiger partial charge in [-0.05, 0) is 54.1 Å². The molecule has 0 aliphatic heterocycles. The molecule has 0 aliphatic carbocycles. The number of fused-ring (bicyclic) bond motifs is 1. The summed E-state index contributed by atoms with van der Waals surface area (Å²) in [6, 6.07) is 15.5. The Kier molecular flexibility index (Phi) is 8.25. The lowest BCUT2D eigenvalue weighted by Crippen LogP contribution is -2.44. The Labute approximate surface area is 222 Å². The van der Waals surface area contributed by atoms with Crippen LogP contribution in [0, 0.1) is 0 Å². The number of nitrogens with one attached hydrogen (secondary N) is 2. The average Bonchev–Trinajstić information content (AvgIpc) is 3.40. The van der Waals surface area contributed by atoms with Crippen molar-refractivity contribution in [2.24, 2.45) is 0 Å². The summed E-state index contributed by atoms with van der Waals surface area (Å²) >= 11 is 1.35. The second-order valence-corrected chi connectivity index (χ2v) is 11.0. The maximum absolute atomic E-state index is 13.9. The Hall–Kier alpha value is -4.00. The number of amides is 1. The normalized spacial score (nSPS) is 12.2. The van der Waals surface area contributed by atoms with Gasteiger partial charge in [0.15, 0.2) is 0 Å². The number of rotatable bonds is 11. The van der Waals surface area contributed by atoms with Crippen LogP contribution in [0.3, 0.4) is 0 Å². The van der Waals surface area contributed by atoms with Crippen molar-refractivity contribution < 1.29 is 27.9 Å². The molecule has 1 atom stereocenters. The van der Waals surface area contributed by atoms with E-state index in [-0.39, 0.29) is 29.2 Å². The molecule has 4 rings (SSSR count). The Morgan fingerprint density at radius 3 is 2.61 bits per heavy atom. The molecule has 3 N–H and O–H groups in total. The molecule has 38 heavy (non-hydrogen) atoms. The maximum atomic E-state index is 13.9. The third-order valence-electron chi connectivity index (χ3n) is 5.62. The molecule has 0 spiro atoms. The van der Waals surface area contributed by atoms with Gasteiger partial charge in [-0.3, -0.25) is 14.4 Å². The quantitative estimate of drug-likeness (QED) is 0.258. The monoisotopic (exact) mass is 555 g/mol. The van der Waals surface area contributed by atoms with E-state index in [1.807, 2.05) is 0 Å². The van der Waals surface area contributed by atoms with Crippen molar-refractivity contribution in [1.29, 1.82) is 0 Å². The number of sulfonamides is 1. The molecule has 2 aromatic heterocycles. The molecule has 0 saturated carbocycles. The number of aromatic amines is 1. The van der Waals surface area contributed by atoms with Crippen LogP contribution in [-0.4, -0.2) is 48.4 Å². The molecule has 10 nitrogen and oxygen atoms in total. The van der Waals surface area contributed by atoms with E-state index in [1.54, 1.807) is 48.7 Å². The van der Waals surface area contributed by atoms with Crippen molar-refractivity contribution >= 4 is 44.1 Å². The van der Waals surface area contributed by atoms with Gasteiger partial charge >= 0.3 is 5.97 Å². The average molecular weight is 556 g/mol. The number of thiophene rings is 1. The highest BCUT2D eigenvalue weighted by Crippen LogP contribution is 2.29. The van der Waals surface area contributed by atoms with E-state index in [2.05, 4.69) is 9.71 Å². The zero-order valence-electron chi connectivity index (χ0n) is 20.3. The summed E-state index contributed by atoms with van der Waals surface area (Å²) in [6.45, 7) is 1.38. The van der Waals surface area contributed by atoms with Crippen LogP contribution in [0.25, 0.3) is 10.9 Å². The standard InChI is InChI=1S/C26H25N3O7S2/c1-2-36-22-8-4-3-7-20(22)25(26(33)29(16-24(31)32)15-18-6-5-13-37-18)28-38(34,35)19-10-11-21-17(14-19)9-12-23(30)27-21/h3-14,25,28H,2,15-16H2,1H3,(H,27,30)(H,31,32)/t25-/m0/s1. The molecular weight excluding hydrogens is 530 g/mol. The van der Waals surface area contributed by atoms with Crippen LogP contribution in [-0.2, 0) is 26.2 Å². The largest absolute Gasteiger partial charge is 0.494 e. The lowest BCUT2D eigenvalue weighted by atomic mass is 10.0. The van der Waals surface area contributed by atoms with Crippen molar-refractivity contribution in [2.75, 3.05) is 13.2 Å². The first-order chi connectivity index (χ1) is 18.2. The van der Waals surface area contributed by atoms with Crippen molar-refractivity contribution in [1.82, 2.24) is 14.6 Å². The van der Waals surface area contributed by atoms with E-state index < -0.39 is 34.5 Å². The van der Waals surface area contributed by atoms with Gasteiger partial charge in [-0.25, -0.2) is 8.42 Å². The molecule has 0 unspecified atom stereocenters. The number of H-pyrrole nitrogens is 1. The fourth-order valence-electron chi connectivity index (χ4n) is 3.92. The first-order valence-electron chi connectivity index (χ1n) is 11.6. The van der Waals surface area contributed by atoms with Crippen molar-refractivity contribution in [3.63, 3.8) is 0 Å². The van der Waals surface area contributed by atoms with Crippen molar-refractivity contribution in [3.05, 3.63) is 92.9 Å². The van der Waals surface area contributed by atoms with Crippen molar-refractivity contribution in [3.8, 4) is 5.75 Å². The number of benzene rings is 2. The minimum absolute atomic E-state index is 0.0127. The number of hydrogen-bond acceptors (Lipinski definition) is 7. The molecule has 0 aliphatic rings. The third-order valence-corrected chi connectivity index (χ3v) is 7.90. The first-order valence-corrected chi connectivity index (χ1v) is 13.9. The van der Waals surface area contributed by atoms with Crippen LogP contribution >= 0.6 is 11.3 Å². The summed E-state index contributed by atoms with van der Waals surface area (Å²) in [7, 11) is -4.30. The van der Waals surface area contributed by atoms with Crippen LogP contribution in [0.5, 0.6) is 5.75 Å². The van der Waals surface area contributed by atoms with E-state index >= 15 is 0 Å². The summed E-state index contributed by atoms with van der Waals surface area (Å²) < 4.78 is 35.3. The molecule has 198 valence electrons. The number of pyridine rings is 1. The lowest BCUT2D eigenvalue weighted by molar-refractivity contribution is -0.145. The number of carboxylic acids is 1. The Balaban J connectivity index is 1.77. The number of hydrogen-bond donors (Lipinski definition) is 3. The summed E-state index contributed by atoms with van der Waals surface area (Å²) in [4.78, 5) is 41.4. The number of carbonyl (C=O) groups is 2. The molecular formula is C26H25N3O7S2. The van der Waals surface area contributed by atoms with Gasteiger partial charge in [-0.1, -0.05) is 24.3 Å². The topological polar surface area (TPSA) is 146 Å². The molecule has 4 aromatic rings. The summed E-state index contributed by atoms with van der Waals surface area (Å²) in [5.41, 5.74) is 0.373. The van der Waals surface area contributed by atoms with E-state index in [0.717, 1.165) is 9.78 Å². The fourth-order valence-corrected chi connectivity index (χ4v) is 5.85. The van der Waals surface area contributed by atoms with Crippen LogP contribution in [0.2, 0.25) is 0 Å². The van der Waals surface area contributed by atoms with Gasteiger partial charge in [0.05, 0.1) is 18.0 Å². The van der Waals surface area contributed by atoms with Crippen LogP contribution in [0.1, 0.15) is 23.4 Å². The molecule has 12 heteroatoms. The number of aliphatic carboxylic acids is 1. The third kappa shape index (κ3) is 6.28. The molecule has 0 radical (unpaired) electrons. The molecule has 2 heterocycles. The smallest absolute Gasteiger partial charge is 0.323 e. The number of ether oxygens (including phenoxy) is 1. The zero-order chi connectivity index (χ0) is 27.3. The van der Waals surface area contributed by atoms with Gasteiger partial charge < -0.3 is 19.7 Å². The SMILES string of the molecule is CCOc1ccccc1[C@H](NS(=O)(=O)c1ccc2[nH]c(=O)ccc2c1)C(=O)N(CC(=O)O)Cc1cccs1.